The van der Waals surface area contributed by atoms with E-state index in [0.717, 1.165) is 32.5 Å². The van der Waals surface area contributed by atoms with Gasteiger partial charge in [-0.15, -0.1) is 0 Å². The number of piperidine rings is 1. The van der Waals surface area contributed by atoms with Gasteiger partial charge in [0.05, 0.1) is 16.6 Å². The fourth-order valence-electron chi connectivity index (χ4n) is 2.60. The van der Waals surface area contributed by atoms with Gasteiger partial charge in [-0.1, -0.05) is 0 Å². The van der Waals surface area contributed by atoms with Crippen molar-refractivity contribution in [3.05, 3.63) is 33.9 Å². The van der Waals surface area contributed by atoms with Crippen LogP contribution in [0.5, 0.6) is 0 Å². The molecule has 2 rings (SSSR count). The van der Waals surface area contributed by atoms with E-state index >= 15 is 0 Å². The molecule has 106 valence electrons. The molecule has 0 atom stereocenters. The maximum atomic E-state index is 11.1. The molecule has 1 aliphatic rings. The molecule has 1 aromatic carbocycles. The lowest BCUT2D eigenvalue weighted by atomic mass is 9.97. The highest BCUT2D eigenvalue weighted by molar-refractivity contribution is 5.65. The van der Waals surface area contributed by atoms with Crippen molar-refractivity contribution in [1.29, 1.82) is 5.26 Å². The predicted molar refractivity (Wildman–Crippen MR) is 76.7 cm³/mol. The molecule has 0 aliphatic carbocycles. The summed E-state index contributed by atoms with van der Waals surface area (Å²) in [5, 5.41) is 23.4. The van der Waals surface area contributed by atoms with Gasteiger partial charge in [-0.3, -0.25) is 10.1 Å². The highest BCUT2D eigenvalue weighted by Gasteiger charge is 2.21. The van der Waals surface area contributed by atoms with Crippen LogP contribution >= 0.6 is 0 Å². The van der Waals surface area contributed by atoms with Crippen LogP contribution in [-0.2, 0) is 0 Å². The van der Waals surface area contributed by atoms with E-state index in [-0.39, 0.29) is 5.69 Å². The summed E-state index contributed by atoms with van der Waals surface area (Å²) in [7, 11) is 1.85. The van der Waals surface area contributed by atoms with Crippen LogP contribution in [0, 0.1) is 27.4 Å². The normalized spacial score (nSPS) is 15.6. The Labute approximate surface area is 118 Å². The fourth-order valence-corrected chi connectivity index (χ4v) is 2.60. The Balaban J connectivity index is 2.20. The molecule has 1 N–H and O–H groups in total. The summed E-state index contributed by atoms with van der Waals surface area (Å²) in [5.41, 5.74) is 1.02. The third kappa shape index (κ3) is 3.25. The predicted octanol–water partition coefficient (Wildman–Crippen LogP) is 1.90. The van der Waals surface area contributed by atoms with E-state index in [2.05, 4.69) is 5.32 Å². The zero-order valence-corrected chi connectivity index (χ0v) is 11.5. The maximum Gasteiger partial charge on any atom is 0.292 e. The summed E-state index contributed by atoms with van der Waals surface area (Å²) < 4.78 is 0. The van der Waals surface area contributed by atoms with Crippen LogP contribution in [0.3, 0.4) is 0 Å². The highest BCUT2D eigenvalue weighted by atomic mass is 16.6. The van der Waals surface area contributed by atoms with E-state index in [0.29, 0.717) is 17.2 Å². The molecule has 1 fully saturated rings. The summed E-state index contributed by atoms with van der Waals surface area (Å²) in [4.78, 5) is 12.6. The smallest absolute Gasteiger partial charge is 0.292 e. The third-order valence-corrected chi connectivity index (χ3v) is 3.70. The summed E-state index contributed by atoms with van der Waals surface area (Å²) in [6.45, 7) is 2.77. The van der Waals surface area contributed by atoms with Gasteiger partial charge in [-0.05, 0) is 44.0 Å². The van der Waals surface area contributed by atoms with Gasteiger partial charge in [0.1, 0.15) is 5.69 Å². The second-order valence-electron chi connectivity index (χ2n) is 5.15. The number of nitrogens with one attached hydrogen (secondary N) is 1. The number of nitriles is 1. The lowest BCUT2D eigenvalue weighted by Gasteiger charge is -2.28. The van der Waals surface area contributed by atoms with Crippen molar-refractivity contribution in [1.82, 2.24) is 5.32 Å². The highest BCUT2D eigenvalue weighted by Crippen LogP contribution is 2.29. The number of nitrogens with zero attached hydrogens (tertiary/aromatic N) is 3. The molecule has 0 radical (unpaired) electrons. The van der Waals surface area contributed by atoms with Gasteiger partial charge in [0.25, 0.3) is 5.69 Å². The molecule has 0 bridgehead atoms. The number of nitro benzene ring substituents is 1. The van der Waals surface area contributed by atoms with Crippen molar-refractivity contribution in [2.45, 2.75) is 12.8 Å². The minimum atomic E-state index is -0.393. The van der Waals surface area contributed by atoms with E-state index in [4.69, 9.17) is 5.26 Å². The summed E-state index contributed by atoms with van der Waals surface area (Å²) >= 11 is 0. The number of rotatable bonds is 4. The van der Waals surface area contributed by atoms with Gasteiger partial charge >= 0.3 is 0 Å². The zero-order chi connectivity index (χ0) is 14.5. The van der Waals surface area contributed by atoms with Crippen LogP contribution in [0.25, 0.3) is 0 Å². The minimum Gasteiger partial charge on any atom is -0.369 e. The van der Waals surface area contributed by atoms with E-state index in [9.17, 15) is 10.1 Å². The van der Waals surface area contributed by atoms with Gasteiger partial charge in [-0.2, -0.15) is 5.26 Å². The van der Waals surface area contributed by atoms with Crippen molar-refractivity contribution in [3.63, 3.8) is 0 Å². The Hall–Kier alpha value is -2.13. The molecule has 20 heavy (non-hydrogen) atoms. The Bertz CT molecular complexity index is 532. The number of benzene rings is 1. The number of hydrogen-bond donors (Lipinski definition) is 1. The van der Waals surface area contributed by atoms with Crippen molar-refractivity contribution >= 4 is 11.4 Å². The molecule has 0 aromatic heterocycles. The molecule has 1 heterocycles. The van der Waals surface area contributed by atoms with Gasteiger partial charge in [0.15, 0.2) is 0 Å². The van der Waals surface area contributed by atoms with Gasteiger partial charge in [0, 0.05) is 19.7 Å². The Morgan fingerprint density at radius 1 is 1.50 bits per heavy atom. The SMILES string of the molecule is CN(CC1CCNCC1)c1cc(C#N)ccc1[N+](=O)[O-]. The quantitative estimate of drug-likeness (QED) is 0.670. The molecule has 1 aliphatic heterocycles. The second kappa shape index (κ2) is 6.35. The maximum absolute atomic E-state index is 11.1. The summed E-state index contributed by atoms with van der Waals surface area (Å²) in [6, 6.07) is 6.52. The average molecular weight is 274 g/mol. The van der Waals surface area contributed by atoms with Crippen molar-refractivity contribution in [2.75, 3.05) is 31.6 Å². The minimum absolute atomic E-state index is 0.0560. The fraction of sp³-hybridized carbons (Fsp3) is 0.500. The largest absolute Gasteiger partial charge is 0.369 e. The van der Waals surface area contributed by atoms with Crippen molar-refractivity contribution in [3.8, 4) is 6.07 Å². The van der Waals surface area contributed by atoms with Gasteiger partial charge in [0.2, 0.25) is 0 Å². The average Bonchev–Trinajstić information content (AvgIpc) is 2.47. The van der Waals surface area contributed by atoms with E-state index in [1.807, 2.05) is 18.0 Å². The third-order valence-electron chi connectivity index (χ3n) is 3.70. The summed E-state index contributed by atoms with van der Waals surface area (Å²) in [6.07, 6.45) is 2.16. The lowest BCUT2D eigenvalue weighted by molar-refractivity contribution is -0.384. The van der Waals surface area contributed by atoms with Crippen LogP contribution in [0.4, 0.5) is 11.4 Å². The van der Waals surface area contributed by atoms with Gasteiger partial charge < -0.3 is 10.2 Å². The lowest BCUT2D eigenvalue weighted by Crippen LogP contribution is -2.34. The first-order chi connectivity index (χ1) is 9.61. The molecule has 0 unspecified atom stereocenters. The van der Waals surface area contributed by atoms with Gasteiger partial charge in [-0.25, -0.2) is 0 Å². The van der Waals surface area contributed by atoms with E-state index in [1.165, 1.54) is 12.1 Å². The van der Waals surface area contributed by atoms with Crippen LogP contribution < -0.4 is 10.2 Å². The number of hydrogen-bond acceptors (Lipinski definition) is 5. The molecular weight excluding hydrogens is 256 g/mol. The number of anilines is 1. The topological polar surface area (TPSA) is 82.2 Å². The Morgan fingerprint density at radius 2 is 2.20 bits per heavy atom. The zero-order valence-electron chi connectivity index (χ0n) is 11.5. The first-order valence-electron chi connectivity index (χ1n) is 6.72. The Kier molecular flexibility index (Phi) is 4.53. The van der Waals surface area contributed by atoms with E-state index in [1.54, 1.807) is 6.07 Å². The Morgan fingerprint density at radius 3 is 2.80 bits per heavy atom. The standard InChI is InChI=1S/C14H18N4O2/c1-17(10-11-4-6-16-7-5-11)14-8-12(9-15)2-3-13(14)18(19)20/h2-3,8,11,16H,4-7,10H2,1H3. The molecule has 0 saturated carbocycles. The molecule has 6 heteroatoms. The monoisotopic (exact) mass is 274 g/mol. The molecule has 1 saturated heterocycles. The van der Waals surface area contributed by atoms with Crippen molar-refractivity contribution < 1.29 is 4.92 Å². The van der Waals surface area contributed by atoms with E-state index < -0.39 is 4.92 Å². The van der Waals surface area contributed by atoms with Crippen LogP contribution in [0.2, 0.25) is 0 Å². The molecular formula is C14H18N4O2. The van der Waals surface area contributed by atoms with Crippen LogP contribution in [0.15, 0.2) is 18.2 Å². The first-order valence-corrected chi connectivity index (χ1v) is 6.72. The molecule has 6 nitrogen and oxygen atoms in total. The molecule has 0 amide bonds. The molecule has 1 aromatic rings. The number of nitro groups is 1. The summed E-state index contributed by atoms with van der Waals surface area (Å²) in [5.74, 6) is 0.534. The molecule has 0 spiro atoms. The van der Waals surface area contributed by atoms with Crippen molar-refractivity contribution in [2.24, 2.45) is 5.92 Å². The first kappa shape index (κ1) is 14.3. The second-order valence-corrected chi connectivity index (χ2v) is 5.15. The van der Waals surface area contributed by atoms with Crippen LogP contribution in [-0.4, -0.2) is 31.6 Å². The van der Waals surface area contributed by atoms with Crippen LogP contribution in [0.1, 0.15) is 18.4 Å².